The number of hydrogen-bond donors (Lipinski definition) is 0. The van der Waals surface area contributed by atoms with Crippen molar-refractivity contribution < 1.29 is 0 Å². The van der Waals surface area contributed by atoms with Gasteiger partial charge < -0.3 is 0 Å². The van der Waals surface area contributed by atoms with E-state index in [0.29, 0.717) is 12.0 Å². The Kier molecular flexibility index (Phi) is 3.42. The summed E-state index contributed by atoms with van der Waals surface area (Å²) in [5.41, 5.74) is 8.60. The molecule has 3 nitrogen and oxygen atoms in total. The summed E-state index contributed by atoms with van der Waals surface area (Å²) in [4.78, 5) is 2.78. The van der Waals surface area contributed by atoms with Gasteiger partial charge in [-0.3, -0.25) is 0 Å². The second-order valence-electron chi connectivity index (χ2n) is 4.08. The van der Waals surface area contributed by atoms with Gasteiger partial charge in [-0.15, -0.1) is 0 Å². The molecule has 0 atom stereocenters. The van der Waals surface area contributed by atoms with Crippen LogP contribution in [0.15, 0.2) is 5.11 Å². The zero-order chi connectivity index (χ0) is 8.86. The van der Waals surface area contributed by atoms with Crippen molar-refractivity contribution in [3.63, 3.8) is 0 Å². The number of azide groups is 1. The van der Waals surface area contributed by atoms with Crippen molar-refractivity contribution in [2.24, 2.45) is 10.5 Å². The van der Waals surface area contributed by atoms with E-state index < -0.39 is 0 Å². The molecule has 0 spiro atoms. The van der Waals surface area contributed by atoms with Crippen molar-refractivity contribution in [3.05, 3.63) is 10.4 Å². The summed E-state index contributed by atoms with van der Waals surface area (Å²) in [6, 6.07) is 0. The summed E-state index contributed by atoms with van der Waals surface area (Å²) in [7, 11) is 0. The minimum atomic E-state index is 0.465. The number of hydrogen-bond acceptors (Lipinski definition) is 1. The Morgan fingerprint density at radius 1 is 1.33 bits per heavy atom. The topological polar surface area (TPSA) is 48.8 Å². The third-order valence-electron chi connectivity index (χ3n) is 2.94. The average Bonchev–Trinajstić information content (AvgIpc) is 2.06. The minimum absolute atomic E-state index is 0.465. The van der Waals surface area contributed by atoms with Gasteiger partial charge in [-0.25, -0.2) is 0 Å². The van der Waals surface area contributed by atoms with E-state index >= 15 is 0 Å². The number of nitrogens with zero attached hydrogens (tertiary/aromatic N) is 3. The van der Waals surface area contributed by atoms with Crippen molar-refractivity contribution in [1.29, 1.82) is 0 Å². The maximum Gasteiger partial charge on any atom is 0.0263 e. The number of rotatable bonds is 3. The summed E-state index contributed by atoms with van der Waals surface area (Å²) in [5, 5.41) is 3.59. The average molecular weight is 167 g/mol. The normalized spacial score (nSPS) is 21.4. The molecule has 0 N–H and O–H groups in total. The molecule has 0 heterocycles. The Hall–Kier alpha value is -0.690. The predicted octanol–water partition coefficient (Wildman–Crippen LogP) is 3.66. The van der Waals surface area contributed by atoms with Crippen LogP contribution >= 0.6 is 0 Å². The molecule has 0 amide bonds. The fraction of sp³-hybridized carbons (Fsp3) is 1.00. The van der Waals surface area contributed by atoms with Gasteiger partial charge in [-0.05, 0) is 30.2 Å². The highest BCUT2D eigenvalue weighted by atomic mass is 15.1. The molecule has 1 saturated carbocycles. The highest BCUT2D eigenvalue weighted by molar-refractivity contribution is 4.78. The fourth-order valence-electron chi connectivity index (χ4n) is 2.02. The van der Waals surface area contributed by atoms with Crippen LogP contribution in [0.25, 0.3) is 10.4 Å². The summed E-state index contributed by atoms with van der Waals surface area (Å²) in [5.74, 6) is 0. The van der Waals surface area contributed by atoms with E-state index in [9.17, 15) is 0 Å². The second-order valence-corrected chi connectivity index (χ2v) is 4.08. The molecule has 1 aliphatic rings. The van der Waals surface area contributed by atoms with Gasteiger partial charge in [0, 0.05) is 11.5 Å². The largest absolute Gasteiger partial charge is 0.0940 e. The molecule has 12 heavy (non-hydrogen) atoms. The van der Waals surface area contributed by atoms with E-state index in [0.717, 1.165) is 6.42 Å². The summed E-state index contributed by atoms with van der Waals surface area (Å²) in [6.45, 7) is 2.99. The maximum absolute atomic E-state index is 8.14. The van der Waals surface area contributed by atoms with Gasteiger partial charge in [-0.1, -0.05) is 31.3 Å². The van der Waals surface area contributed by atoms with Crippen LogP contribution in [0, 0.1) is 5.41 Å². The molecule has 0 unspecified atom stereocenters. The minimum Gasteiger partial charge on any atom is -0.0940 e. The first-order valence-electron chi connectivity index (χ1n) is 4.78. The lowest BCUT2D eigenvalue weighted by Crippen LogP contribution is -2.20. The Morgan fingerprint density at radius 2 is 2.00 bits per heavy atom. The first-order valence-corrected chi connectivity index (χ1v) is 4.78. The quantitative estimate of drug-likeness (QED) is 0.350. The third kappa shape index (κ3) is 2.74. The predicted molar refractivity (Wildman–Crippen MR) is 49.8 cm³/mol. The Labute approximate surface area is 73.8 Å². The van der Waals surface area contributed by atoms with Gasteiger partial charge in [0.2, 0.25) is 0 Å². The first-order chi connectivity index (χ1) is 5.77. The zero-order valence-electron chi connectivity index (χ0n) is 7.79. The molecule has 0 bridgehead atoms. The lowest BCUT2D eigenvalue weighted by atomic mass is 9.73. The molecule has 1 aliphatic carbocycles. The van der Waals surface area contributed by atoms with Crippen LogP contribution in [-0.4, -0.2) is 6.54 Å². The summed E-state index contributed by atoms with van der Waals surface area (Å²) >= 11 is 0. The van der Waals surface area contributed by atoms with Crippen LogP contribution in [0.5, 0.6) is 0 Å². The van der Waals surface area contributed by atoms with E-state index in [1.54, 1.807) is 0 Å². The lowest BCUT2D eigenvalue weighted by Gasteiger charge is -2.33. The van der Waals surface area contributed by atoms with E-state index in [1.165, 1.54) is 32.1 Å². The van der Waals surface area contributed by atoms with Crippen LogP contribution in [0.1, 0.15) is 45.4 Å². The van der Waals surface area contributed by atoms with Crippen LogP contribution in [-0.2, 0) is 0 Å². The van der Waals surface area contributed by atoms with Crippen LogP contribution in [0.3, 0.4) is 0 Å². The van der Waals surface area contributed by atoms with Gasteiger partial charge in [-0.2, -0.15) is 0 Å². The molecule has 68 valence electrons. The zero-order valence-corrected chi connectivity index (χ0v) is 7.79. The molecular weight excluding hydrogens is 150 g/mol. The molecule has 0 aromatic heterocycles. The highest BCUT2D eigenvalue weighted by Crippen LogP contribution is 2.38. The molecule has 3 heteroatoms. The lowest BCUT2D eigenvalue weighted by molar-refractivity contribution is 0.203. The standard InChI is InChI=1S/C9H17N3/c1-9(7-8-11-12-10)5-3-2-4-6-9/h2-8H2,1H3. The molecule has 1 rings (SSSR count). The van der Waals surface area contributed by atoms with Crippen LogP contribution < -0.4 is 0 Å². The Bertz CT molecular complexity index is 176. The van der Waals surface area contributed by atoms with Crippen molar-refractivity contribution in [2.75, 3.05) is 6.54 Å². The van der Waals surface area contributed by atoms with E-state index in [1.807, 2.05) is 0 Å². The third-order valence-corrected chi connectivity index (χ3v) is 2.94. The Morgan fingerprint density at radius 3 is 2.58 bits per heavy atom. The Balaban J connectivity index is 2.31. The van der Waals surface area contributed by atoms with E-state index in [-0.39, 0.29) is 0 Å². The van der Waals surface area contributed by atoms with Gasteiger partial charge >= 0.3 is 0 Å². The molecular formula is C9H17N3. The summed E-state index contributed by atoms with van der Waals surface area (Å²) < 4.78 is 0. The first kappa shape index (κ1) is 9.40. The molecule has 0 aromatic carbocycles. The molecule has 0 aromatic rings. The van der Waals surface area contributed by atoms with Crippen molar-refractivity contribution >= 4 is 0 Å². The highest BCUT2D eigenvalue weighted by Gasteiger charge is 2.25. The molecule has 0 radical (unpaired) electrons. The molecule has 0 saturated heterocycles. The SMILES string of the molecule is CC1(CCN=[N+]=[N-])CCCCC1. The van der Waals surface area contributed by atoms with Crippen LogP contribution in [0.4, 0.5) is 0 Å². The molecule has 1 fully saturated rings. The molecule has 0 aliphatic heterocycles. The van der Waals surface area contributed by atoms with Crippen LogP contribution in [0.2, 0.25) is 0 Å². The fourth-order valence-corrected chi connectivity index (χ4v) is 2.02. The van der Waals surface area contributed by atoms with Gasteiger partial charge in [0.1, 0.15) is 0 Å². The van der Waals surface area contributed by atoms with Crippen molar-refractivity contribution in [3.8, 4) is 0 Å². The monoisotopic (exact) mass is 167 g/mol. The van der Waals surface area contributed by atoms with Crippen molar-refractivity contribution in [1.82, 2.24) is 0 Å². The van der Waals surface area contributed by atoms with E-state index in [4.69, 9.17) is 5.53 Å². The maximum atomic E-state index is 8.14. The second kappa shape index (κ2) is 4.36. The van der Waals surface area contributed by atoms with Crippen molar-refractivity contribution in [2.45, 2.75) is 45.4 Å². The summed E-state index contributed by atoms with van der Waals surface area (Å²) in [6.07, 6.45) is 7.79. The smallest absolute Gasteiger partial charge is 0.0263 e. The van der Waals surface area contributed by atoms with Gasteiger partial charge in [0.15, 0.2) is 0 Å². The van der Waals surface area contributed by atoms with E-state index in [2.05, 4.69) is 16.9 Å². The van der Waals surface area contributed by atoms with Gasteiger partial charge in [0.05, 0.1) is 0 Å². The van der Waals surface area contributed by atoms with Gasteiger partial charge in [0.25, 0.3) is 0 Å².